The van der Waals surface area contributed by atoms with Crippen LogP contribution in [0.4, 0.5) is 0 Å². The molecule has 0 atom stereocenters. The second-order valence-corrected chi connectivity index (χ2v) is 8.23. The van der Waals surface area contributed by atoms with Crippen LogP contribution in [0.1, 0.15) is 50.5 Å². The third-order valence-electron chi connectivity index (χ3n) is 4.55. The van der Waals surface area contributed by atoms with E-state index >= 15 is 0 Å². The molecule has 2 N–H and O–H groups in total. The Morgan fingerprint density at radius 1 is 1.12 bits per heavy atom. The summed E-state index contributed by atoms with van der Waals surface area (Å²) >= 11 is 0. The first-order valence-electron chi connectivity index (χ1n) is 8.23. The van der Waals surface area contributed by atoms with Gasteiger partial charge in [-0.25, -0.2) is 5.48 Å². The third kappa shape index (κ3) is 5.54. The zero-order valence-corrected chi connectivity index (χ0v) is 15.0. The van der Waals surface area contributed by atoms with Gasteiger partial charge in [-0.05, 0) is 37.3 Å². The minimum Gasteiger partial charge on any atom is -0.481 e. The number of aliphatic carboxylic acids is 1. The number of aryl methyl sites for hydroxylation is 1. The lowest BCUT2D eigenvalue weighted by Gasteiger charge is -2.35. The highest BCUT2D eigenvalue weighted by molar-refractivity contribution is 7.86. The first kappa shape index (κ1) is 19.4. The van der Waals surface area contributed by atoms with Gasteiger partial charge in [0.15, 0.2) is 0 Å². The number of carboxylic acid groups (broad SMARTS) is 1. The van der Waals surface area contributed by atoms with Crippen LogP contribution >= 0.6 is 0 Å². The van der Waals surface area contributed by atoms with Gasteiger partial charge in [-0.2, -0.15) is 8.42 Å². The molecule has 1 aromatic rings. The predicted octanol–water partition coefficient (Wildman–Crippen LogP) is 2.55. The van der Waals surface area contributed by atoms with E-state index in [1.54, 1.807) is 12.1 Å². The zero-order chi connectivity index (χ0) is 18.5. The molecule has 1 aromatic carbocycles. The first-order chi connectivity index (χ1) is 11.7. The van der Waals surface area contributed by atoms with Crippen LogP contribution in [0.5, 0.6) is 0 Å². The van der Waals surface area contributed by atoms with Crippen molar-refractivity contribution in [3.8, 4) is 0 Å². The van der Waals surface area contributed by atoms with Crippen molar-refractivity contribution in [3.63, 3.8) is 0 Å². The Morgan fingerprint density at radius 2 is 1.72 bits per heavy atom. The van der Waals surface area contributed by atoms with Crippen molar-refractivity contribution >= 4 is 22.0 Å². The van der Waals surface area contributed by atoms with Gasteiger partial charge in [0.2, 0.25) is 5.91 Å². The molecule has 0 saturated heterocycles. The molecule has 0 bridgehead atoms. The number of amides is 1. The molecule has 2 rings (SSSR count). The van der Waals surface area contributed by atoms with E-state index in [1.807, 2.05) is 12.4 Å². The van der Waals surface area contributed by atoms with Crippen LogP contribution in [-0.4, -0.2) is 25.4 Å². The van der Waals surface area contributed by atoms with Gasteiger partial charge in [-0.3, -0.25) is 9.59 Å². The maximum absolute atomic E-state index is 12.1. The fourth-order valence-corrected chi connectivity index (χ4v) is 4.04. The fraction of sp³-hybridized carbons (Fsp3) is 0.529. The molecule has 0 unspecified atom stereocenters. The number of hydrogen-bond acceptors (Lipinski definition) is 5. The number of carbonyl (C=O) groups excluding carboxylic acids is 1. The summed E-state index contributed by atoms with van der Waals surface area (Å²) in [6.45, 7) is 1.82. The van der Waals surface area contributed by atoms with Crippen molar-refractivity contribution in [2.24, 2.45) is 5.41 Å². The van der Waals surface area contributed by atoms with E-state index in [0.29, 0.717) is 12.8 Å². The molecule has 138 valence electrons. The normalized spacial score (nSPS) is 17.0. The molecule has 0 aliphatic heterocycles. The van der Waals surface area contributed by atoms with Gasteiger partial charge in [0, 0.05) is 6.42 Å². The van der Waals surface area contributed by atoms with E-state index in [4.69, 9.17) is 5.11 Å². The highest BCUT2D eigenvalue weighted by atomic mass is 32.2. The van der Waals surface area contributed by atoms with E-state index < -0.39 is 27.4 Å². The molecule has 25 heavy (non-hydrogen) atoms. The average Bonchev–Trinajstić information content (AvgIpc) is 2.53. The lowest BCUT2D eigenvalue weighted by molar-refractivity contribution is -0.142. The number of nitrogens with one attached hydrogen (secondary N) is 1. The summed E-state index contributed by atoms with van der Waals surface area (Å²) in [6, 6.07) is 6.04. The van der Waals surface area contributed by atoms with Crippen LogP contribution in [0, 0.1) is 12.3 Å². The Balaban J connectivity index is 1.98. The summed E-state index contributed by atoms with van der Waals surface area (Å²) < 4.78 is 28.8. The summed E-state index contributed by atoms with van der Waals surface area (Å²) in [5.74, 6) is -1.58. The quantitative estimate of drug-likeness (QED) is 0.715. The third-order valence-corrected chi connectivity index (χ3v) is 5.70. The smallest absolute Gasteiger partial charge is 0.317 e. The summed E-state index contributed by atoms with van der Waals surface area (Å²) in [5, 5.41) is 9.12. The predicted molar refractivity (Wildman–Crippen MR) is 90.0 cm³/mol. The van der Waals surface area contributed by atoms with E-state index in [2.05, 4.69) is 4.28 Å². The molecule has 7 nitrogen and oxygen atoms in total. The molecule has 1 aliphatic rings. The molecular weight excluding hydrogens is 346 g/mol. The number of hydrogen-bond donors (Lipinski definition) is 2. The molecule has 0 heterocycles. The minimum absolute atomic E-state index is 0.0590. The van der Waals surface area contributed by atoms with Crippen molar-refractivity contribution in [2.75, 3.05) is 0 Å². The fourth-order valence-electron chi connectivity index (χ4n) is 3.27. The van der Waals surface area contributed by atoms with Crippen LogP contribution in [0.3, 0.4) is 0 Å². The van der Waals surface area contributed by atoms with Crippen molar-refractivity contribution < 1.29 is 27.4 Å². The maximum atomic E-state index is 12.1. The number of hydroxylamine groups is 1. The largest absolute Gasteiger partial charge is 0.481 e. The van der Waals surface area contributed by atoms with Gasteiger partial charge in [-0.1, -0.05) is 37.0 Å². The van der Waals surface area contributed by atoms with Crippen LogP contribution in [-0.2, 0) is 24.0 Å². The molecule has 1 amide bonds. The summed E-state index contributed by atoms with van der Waals surface area (Å²) in [4.78, 5) is 23.2. The highest BCUT2D eigenvalue weighted by Gasteiger charge is 2.36. The lowest BCUT2D eigenvalue weighted by atomic mass is 9.69. The van der Waals surface area contributed by atoms with Gasteiger partial charge >= 0.3 is 16.1 Å². The number of benzene rings is 1. The number of rotatable bonds is 7. The Bertz CT molecular complexity index is 720. The van der Waals surface area contributed by atoms with Crippen molar-refractivity contribution in [3.05, 3.63) is 29.8 Å². The summed E-state index contributed by atoms with van der Waals surface area (Å²) in [6.07, 6.45) is 3.84. The van der Waals surface area contributed by atoms with Gasteiger partial charge in [-0.15, -0.1) is 4.28 Å². The van der Waals surface area contributed by atoms with Crippen LogP contribution in [0.15, 0.2) is 29.2 Å². The average molecular weight is 369 g/mol. The van der Waals surface area contributed by atoms with Crippen LogP contribution in [0.2, 0.25) is 0 Å². The van der Waals surface area contributed by atoms with E-state index in [-0.39, 0.29) is 17.7 Å². The molecule has 8 heteroatoms. The van der Waals surface area contributed by atoms with Crippen molar-refractivity contribution in [1.82, 2.24) is 5.48 Å². The van der Waals surface area contributed by atoms with Crippen LogP contribution < -0.4 is 5.48 Å². The molecule has 0 radical (unpaired) electrons. The van der Waals surface area contributed by atoms with E-state index in [0.717, 1.165) is 24.8 Å². The molecular formula is C17H23NO6S. The van der Waals surface area contributed by atoms with Gasteiger partial charge in [0.05, 0.1) is 11.3 Å². The number of carbonyl (C=O) groups is 2. The lowest BCUT2D eigenvalue weighted by Crippen LogP contribution is -2.36. The van der Waals surface area contributed by atoms with Crippen molar-refractivity contribution in [2.45, 2.75) is 56.8 Å². The van der Waals surface area contributed by atoms with E-state index in [9.17, 15) is 18.0 Å². The molecule has 1 saturated carbocycles. The van der Waals surface area contributed by atoms with Gasteiger partial charge < -0.3 is 5.11 Å². The summed E-state index contributed by atoms with van der Waals surface area (Å²) in [7, 11) is -4.10. The number of carboxylic acids is 1. The van der Waals surface area contributed by atoms with E-state index in [1.165, 1.54) is 12.1 Å². The standard InChI is InChI=1S/C17H23NO6S/c1-13-5-7-14(8-6-13)25(22,23)24-18-15(19)11-17(12-16(20)21)9-3-2-4-10-17/h5-8H,2-4,9-12H2,1H3,(H,18,19)(H,20,21). The Morgan fingerprint density at radius 3 is 2.28 bits per heavy atom. The first-order valence-corrected chi connectivity index (χ1v) is 9.64. The highest BCUT2D eigenvalue weighted by Crippen LogP contribution is 2.42. The Labute approximate surface area is 147 Å². The molecule has 0 aromatic heterocycles. The monoisotopic (exact) mass is 369 g/mol. The molecule has 1 aliphatic carbocycles. The Kier molecular flexibility index (Phi) is 6.18. The second kappa shape index (κ2) is 7.97. The molecule has 0 spiro atoms. The van der Waals surface area contributed by atoms with Gasteiger partial charge in [0.25, 0.3) is 0 Å². The Hall–Kier alpha value is -1.93. The summed E-state index contributed by atoms with van der Waals surface area (Å²) in [5.41, 5.74) is 2.23. The van der Waals surface area contributed by atoms with Crippen molar-refractivity contribution in [1.29, 1.82) is 0 Å². The van der Waals surface area contributed by atoms with Crippen LogP contribution in [0.25, 0.3) is 0 Å². The maximum Gasteiger partial charge on any atom is 0.317 e. The topological polar surface area (TPSA) is 110 Å². The SMILES string of the molecule is Cc1ccc(S(=O)(=O)ONC(=O)CC2(CC(=O)O)CCCCC2)cc1. The molecule has 1 fully saturated rings. The van der Waals surface area contributed by atoms with Gasteiger partial charge in [0.1, 0.15) is 0 Å². The second-order valence-electron chi connectivity index (χ2n) is 6.68. The zero-order valence-electron chi connectivity index (χ0n) is 14.2. The minimum atomic E-state index is -4.10.